The predicted molar refractivity (Wildman–Crippen MR) is 69.5 cm³/mol. The number of hydrogen-bond acceptors (Lipinski definition) is 2. The molecule has 0 heterocycles. The van der Waals surface area contributed by atoms with Crippen LogP contribution in [0.25, 0.3) is 0 Å². The van der Waals surface area contributed by atoms with Crippen molar-refractivity contribution in [2.24, 2.45) is 5.73 Å². The molecule has 17 heavy (non-hydrogen) atoms. The Labute approximate surface area is 103 Å². The summed E-state index contributed by atoms with van der Waals surface area (Å²) in [6, 6.07) is 10.2. The Balaban J connectivity index is 1.77. The summed E-state index contributed by atoms with van der Waals surface area (Å²) >= 11 is 0. The second kappa shape index (κ2) is 6.44. The molecule has 2 atom stereocenters. The first kappa shape index (κ1) is 12.2. The van der Waals surface area contributed by atoms with Crippen LogP contribution in [0.2, 0.25) is 0 Å². The highest BCUT2D eigenvalue weighted by atomic mass is 16.5. The van der Waals surface area contributed by atoms with E-state index in [1.165, 1.54) is 12.8 Å². The monoisotopic (exact) mass is 229 g/mol. The van der Waals surface area contributed by atoms with Crippen LogP contribution in [0.4, 0.5) is 0 Å². The van der Waals surface area contributed by atoms with Crippen LogP contribution in [0.5, 0.6) is 0 Å². The molecule has 0 amide bonds. The van der Waals surface area contributed by atoms with E-state index in [4.69, 9.17) is 10.5 Å². The Morgan fingerprint density at radius 1 is 1.18 bits per heavy atom. The molecule has 2 N–H and O–H groups in total. The highest BCUT2D eigenvalue weighted by Gasteiger charge is 2.21. The topological polar surface area (TPSA) is 35.2 Å². The van der Waals surface area contributed by atoms with E-state index < -0.39 is 0 Å². The van der Waals surface area contributed by atoms with Crippen LogP contribution in [0, 0.1) is 11.8 Å². The second-order valence-electron chi connectivity index (χ2n) is 4.47. The first-order valence-corrected chi connectivity index (χ1v) is 6.27. The molecule has 90 valence electrons. The van der Waals surface area contributed by atoms with E-state index in [0.29, 0.717) is 6.61 Å². The SMILES string of the molecule is NC1CCCCC1OCC#Cc1ccccc1. The first-order chi connectivity index (χ1) is 8.36. The zero-order valence-electron chi connectivity index (χ0n) is 10.1. The van der Waals surface area contributed by atoms with Gasteiger partial charge in [0.05, 0.1) is 6.10 Å². The number of ether oxygens (including phenoxy) is 1. The lowest BCUT2D eigenvalue weighted by atomic mass is 9.93. The second-order valence-corrected chi connectivity index (χ2v) is 4.47. The Morgan fingerprint density at radius 3 is 2.71 bits per heavy atom. The lowest BCUT2D eigenvalue weighted by molar-refractivity contribution is 0.0348. The van der Waals surface area contributed by atoms with Crippen molar-refractivity contribution in [3.05, 3.63) is 35.9 Å². The molecular weight excluding hydrogens is 210 g/mol. The van der Waals surface area contributed by atoms with Crippen molar-refractivity contribution in [3.63, 3.8) is 0 Å². The fourth-order valence-corrected chi connectivity index (χ4v) is 2.14. The number of benzene rings is 1. The number of rotatable bonds is 2. The quantitative estimate of drug-likeness (QED) is 0.790. The number of hydrogen-bond donors (Lipinski definition) is 1. The standard InChI is InChI=1S/C15H19NO/c16-14-10-4-5-11-15(14)17-12-6-9-13-7-2-1-3-8-13/h1-3,7-8,14-15H,4-5,10-12,16H2. The highest BCUT2D eigenvalue weighted by Crippen LogP contribution is 2.19. The molecule has 0 aliphatic heterocycles. The summed E-state index contributed by atoms with van der Waals surface area (Å²) < 4.78 is 5.72. The van der Waals surface area contributed by atoms with Gasteiger partial charge in [0.25, 0.3) is 0 Å². The minimum absolute atomic E-state index is 0.197. The van der Waals surface area contributed by atoms with Crippen molar-refractivity contribution in [2.45, 2.75) is 37.8 Å². The minimum Gasteiger partial charge on any atom is -0.364 e. The predicted octanol–water partition coefficient (Wildman–Crippen LogP) is 2.32. The molecule has 1 aliphatic rings. The molecule has 0 saturated heterocycles. The van der Waals surface area contributed by atoms with Crippen LogP contribution in [0.15, 0.2) is 30.3 Å². The van der Waals surface area contributed by atoms with E-state index in [1.54, 1.807) is 0 Å². The van der Waals surface area contributed by atoms with Gasteiger partial charge in [0.1, 0.15) is 6.61 Å². The summed E-state index contributed by atoms with van der Waals surface area (Å²) in [5.74, 6) is 6.12. The molecule has 2 unspecified atom stereocenters. The summed E-state index contributed by atoms with van der Waals surface area (Å²) in [5.41, 5.74) is 7.03. The molecule has 0 spiro atoms. The Kier molecular flexibility index (Phi) is 4.61. The van der Waals surface area contributed by atoms with Crippen LogP contribution >= 0.6 is 0 Å². The van der Waals surface area contributed by atoms with Crippen molar-refractivity contribution in [3.8, 4) is 11.8 Å². The molecule has 0 bridgehead atoms. The Morgan fingerprint density at radius 2 is 1.94 bits per heavy atom. The van der Waals surface area contributed by atoms with Gasteiger partial charge in [-0.05, 0) is 25.0 Å². The lowest BCUT2D eigenvalue weighted by Crippen LogP contribution is -2.39. The maximum Gasteiger partial charge on any atom is 0.108 e. The van der Waals surface area contributed by atoms with Crippen LogP contribution < -0.4 is 5.73 Å². The third-order valence-corrected chi connectivity index (χ3v) is 3.13. The smallest absolute Gasteiger partial charge is 0.108 e. The molecule has 1 saturated carbocycles. The summed E-state index contributed by atoms with van der Waals surface area (Å²) in [4.78, 5) is 0. The third kappa shape index (κ3) is 3.89. The molecule has 2 heteroatoms. The summed E-state index contributed by atoms with van der Waals surface area (Å²) in [6.45, 7) is 0.479. The van der Waals surface area contributed by atoms with Gasteiger partial charge in [-0.25, -0.2) is 0 Å². The average molecular weight is 229 g/mol. The van der Waals surface area contributed by atoms with Gasteiger partial charge in [-0.2, -0.15) is 0 Å². The van der Waals surface area contributed by atoms with Gasteiger partial charge in [0.2, 0.25) is 0 Å². The highest BCUT2D eigenvalue weighted by molar-refractivity contribution is 5.33. The van der Waals surface area contributed by atoms with Gasteiger partial charge < -0.3 is 10.5 Å². The fraction of sp³-hybridized carbons (Fsp3) is 0.467. The van der Waals surface area contributed by atoms with E-state index in [2.05, 4.69) is 11.8 Å². The molecule has 0 aromatic heterocycles. The first-order valence-electron chi connectivity index (χ1n) is 6.27. The van der Waals surface area contributed by atoms with Crippen molar-refractivity contribution in [2.75, 3.05) is 6.61 Å². The zero-order valence-corrected chi connectivity index (χ0v) is 10.1. The maximum absolute atomic E-state index is 6.00. The van der Waals surface area contributed by atoms with E-state index in [-0.39, 0.29) is 12.1 Å². The van der Waals surface area contributed by atoms with Gasteiger partial charge in [-0.1, -0.05) is 42.9 Å². The number of nitrogens with two attached hydrogens (primary N) is 1. The fourth-order valence-electron chi connectivity index (χ4n) is 2.14. The van der Waals surface area contributed by atoms with E-state index in [0.717, 1.165) is 18.4 Å². The third-order valence-electron chi connectivity index (χ3n) is 3.13. The van der Waals surface area contributed by atoms with Crippen LogP contribution in [0.3, 0.4) is 0 Å². The van der Waals surface area contributed by atoms with Crippen LogP contribution in [0.1, 0.15) is 31.2 Å². The van der Waals surface area contributed by atoms with E-state index >= 15 is 0 Å². The molecule has 1 aromatic rings. The van der Waals surface area contributed by atoms with E-state index in [1.807, 2.05) is 30.3 Å². The summed E-state index contributed by atoms with van der Waals surface area (Å²) in [5, 5.41) is 0. The molecule has 0 radical (unpaired) electrons. The summed E-state index contributed by atoms with van der Waals surface area (Å²) in [6.07, 6.45) is 4.82. The molecule has 2 rings (SSSR count). The van der Waals surface area contributed by atoms with Gasteiger partial charge >= 0.3 is 0 Å². The van der Waals surface area contributed by atoms with Gasteiger partial charge in [-0.15, -0.1) is 0 Å². The average Bonchev–Trinajstić information content (AvgIpc) is 2.38. The molecular formula is C15H19NO. The molecule has 2 nitrogen and oxygen atoms in total. The minimum atomic E-state index is 0.197. The Bertz CT molecular complexity index is 390. The largest absolute Gasteiger partial charge is 0.364 e. The lowest BCUT2D eigenvalue weighted by Gasteiger charge is -2.27. The van der Waals surface area contributed by atoms with Gasteiger partial charge in [0, 0.05) is 11.6 Å². The van der Waals surface area contributed by atoms with Crippen molar-refractivity contribution < 1.29 is 4.74 Å². The van der Waals surface area contributed by atoms with Crippen molar-refractivity contribution >= 4 is 0 Å². The van der Waals surface area contributed by atoms with Gasteiger partial charge in [-0.3, -0.25) is 0 Å². The van der Waals surface area contributed by atoms with Gasteiger partial charge in [0.15, 0.2) is 0 Å². The Hall–Kier alpha value is -1.30. The summed E-state index contributed by atoms with van der Waals surface area (Å²) in [7, 11) is 0. The normalized spacial score (nSPS) is 23.8. The van der Waals surface area contributed by atoms with Crippen molar-refractivity contribution in [1.82, 2.24) is 0 Å². The molecule has 1 aromatic carbocycles. The molecule has 1 aliphatic carbocycles. The van der Waals surface area contributed by atoms with Crippen LogP contribution in [-0.2, 0) is 4.74 Å². The van der Waals surface area contributed by atoms with Crippen molar-refractivity contribution in [1.29, 1.82) is 0 Å². The van der Waals surface area contributed by atoms with E-state index in [9.17, 15) is 0 Å². The van der Waals surface area contributed by atoms with Crippen LogP contribution in [-0.4, -0.2) is 18.8 Å². The maximum atomic E-state index is 6.00. The molecule has 1 fully saturated rings. The zero-order chi connectivity index (χ0) is 11.9.